The number of benzene rings is 1. The fourth-order valence-electron chi connectivity index (χ4n) is 2.78. The molecule has 24 heavy (non-hydrogen) atoms. The number of aryl methyl sites for hydroxylation is 1. The Morgan fingerprint density at radius 1 is 1.17 bits per heavy atom. The van der Waals surface area contributed by atoms with Gasteiger partial charge in [-0.3, -0.25) is 14.4 Å². The van der Waals surface area contributed by atoms with Gasteiger partial charge in [-0.2, -0.15) is 0 Å². The van der Waals surface area contributed by atoms with Crippen molar-refractivity contribution in [2.45, 2.75) is 33.1 Å². The van der Waals surface area contributed by atoms with Gasteiger partial charge >= 0.3 is 0 Å². The number of fused-ring (bicyclic) bond motifs is 1. The zero-order valence-electron chi connectivity index (χ0n) is 14.3. The molecule has 0 radical (unpaired) electrons. The second-order valence-corrected chi connectivity index (χ2v) is 5.56. The average Bonchev–Trinajstić information content (AvgIpc) is 2.55. The normalized spacial score (nSPS) is 13.2. The van der Waals surface area contributed by atoms with Crippen molar-refractivity contribution in [2.75, 3.05) is 14.2 Å². The van der Waals surface area contributed by atoms with Crippen molar-refractivity contribution < 1.29 is 23.9 Å². The van der Waals surface area contributed by atoms with Crippen LogP contribution in [0.15, 0.2) is 17.8 Å². The van der Waals surface area contributed by atoms with Gasteiger partial charge in [0.1, 0.15) is 0 Å². The lowest BCUT2D eigenvalue weighted by atomic mass is 9.88. The molecule has 0 fully saturated rings. The molecule has 0 atom stereocenters. The van der Waals surface area contributed by atoms with E-state index in [2.05, 4.69) is 12.2 Å². The number of amides is 1. The van der Waals surface area contributed by atoms with Crippen LogP contribution in [0.25, 0.3) is 0 Å². The Morgan fingerprint density at radius 2 is 1.83 bits per heavy atom. The summed E-state index contributed by atoms with van der Waals surface area (Å²) in [6.07, 6.45) is 3.78. The van der Waals surface area contributed by atoms with Crippen molar-refractivity contribution in [3.63, 3.8) is 0 Å². The van der Waals surface area contributed by atoms with Gasteiger partial charge in [0.25, 0.3) is 0 Å². The maximum atomic E-state index is 12.7. The lowest BCUT2D eigenvalue weighted by Crippen LogP contribution is -2.30. The van der Waals surface area contributed by atoms with Crippen molar-refractivity contribution in [3.05, 3.63) is 34.5 Å². The first-order chi connectivity index (χ1) is 11.4. The third-order valence-electron chi connectivity index (χ3n) is 3.84. The molecule has 0 unspecified atom stereocenters. The molecule has 0 saturated heterocycles. The van der Waals surface area contributed by atoms with E-state index in [-0.39, 0.29) is 28.4 Å². The zero-order valence-corrected chi connectivity index (χ0v) is 14.3. The number of methoxy groups -OCH3 is 2. The highest BCUT2D eigenvalue weighted by atomic mass is 16.5. The van der Waals surface area contributed by atoms with Gasteiger partial charge < -0.3 is 14.8 Å². The number of Topliss-reactive ketones (excluding diaryl/α,β-unsaturated/α-hetero) is 1. The van der Waals surface area contributed by atoms with Crippen molar-refractivity contribution in [1.29, 1.82) is 0 Å². The maximum absolute atomic E-state index is 12.7. The van der Waals surface area contributed by atoms with E-state index in [1.807, 2.05) is 0 Å². The summed E-state index contributed by atoms with van der Waals surface area (Å²) in [6.45, 7) is 3.35. The van der Waals surface area contributed by atoms with Crippen LogP contribution in [0.1, 0.15) is 53.0 Å². The van der Waals surface area contributed by atoms with Crippen molar-refractivity contribution in [2.24, 2.45) is 0 Å². The molecule has 1 N–H and O–H groups in total. The molecule has 6 nitrogen and oxygen atoms in total. The number of ether oxygens (including phenoxy) is 2. The highest BCUT2D eigenvalue weighted by molar-refractivity contribution is 6.26. The van der Waals surface area contributed by atoms with Gasteiger partial charge in [-0.25, -0.2) is 0 Å². The summed E-state index contributed by atoms with van der Waals surface area (Å²) in [7, 11) is 2.93. The number of nitrogens with one attached hydrogen (secondary N) is 1. The van der Waals surface area contributed by atoms with Gasteiger partial charge in [-0.15, -0.1) is 0 Å². The van der Waals surface area contributed by atoms with E-state index in [1.165, 1.54) is 21.1 Å². The predicted molar refractivity (Wildman–Crippen MR) is 88.7 cm³/mol. The fourth-order valence-corrected chi connectivity index (χ4v) is 2.78. The number of ketones is 2. The highest BCUT2D eigenvalue weighted by Crippen LogP contribution is 2.40. The number of hydrogen-bond donors (Lipinski definition) is 1. The maximum Gasteiger partial charge on any atom is 0.221 e. The summed E-state index contributed by atoms with van der Waals surface area (Å²) in [5, 5.41) is 2.40. The first-order valence-corrected chi connectivity index (χ1v) is 7.80. The predicted octanol–water partition coefficient (Wildman–Crippen LogP) is 2.45. The Balaban J connectivity index is 2.64. The fraction of sp³-hybridized carbons (Fsp3) is 0.389. The minimum absolute atomic E-state index is 0.0540. The summed E-state index contributed by atoms with van der Waals surface area (Å²) >= 11 is 0. The molecule has 1 aliphatic rings. The molecule has 0 aliphatic heterocycles. The van der Waals surface area contributed by atoms with Crippen LogP contribution >= 0.6 is 0 Å². The number of allylic oxidation sites excluding steroid dienone is 2. The van der Waals surface area contributed by atoms with E-state index in [0.717, 1.165) is 24.5 Å². The molecular weight excluding hydrogens is 310 g/mol. The second-order valence-electron chi connectivity index (χ2n) is 5.56. The molecule has 1 aromatic carbocycles. The van der Waals surface area contributed by atoms with E-state index in [1.54, 1.807) is 6.07 Å². The van der Waals surface area contributed by atoms with Crippen molar-refractivity contribution in [1.82, 2.24) is 5.32 Å². The summed E-state index contributed by atoms with van der Waals surface area (Å²) in [4.78, 5) is 36.4. The zero-order chi connectivity index (χ0) is 17.9. The molecule has 0 bridgehead atoms. The van der Waals surface area contributed by atoms with Gasteiger partial charge in [-0.05, 0) is 24.5 Å². The van der Waals surface area contributed by atoms with E-state index in [4.69, 9.17) is 9.47 Å². The number of unbranched alkanes of at least 4 members (excludes halogenated alkanes) is 1. The molecule has 0 saturated carbocycles. The van der Waals surface area contributed by atoms with E-state index in [0.29, 0.717) is 12.2 Å². The molecular formula is C18H21NO5. The van der Waals surface area contributed by atoms with Gasteiger partial charge in [0.15, 0.2) is 17.3 Å². The van der Waals surface area contributed by atoms with Crippen LogP contribution in [0, 0.1) is 0 Å². The van der Waals surface area contributed by atoms with Crippen molar-refractivity contribution >= 4 is 17.5 Å². The van der Waals surface area contributed by atoms with Crippen molar-refractivity contribution in [3.8, 4) is 11.5 Å². The topological polar surface area (TPSA) is 81.7 Å². The lowest BCUT2D eigenvalue weighted by Gasteiger charge is -2.22. The quantitative estimate of drug-likeness (QED) is 0.866. The summed E-state index contributed by atoms with van der Waals surface area (Å²) in [5.74, 6) is -0.536. The average molecular weight is 331 g/mol. The molecule has 0 spiro atoms. The third kappa shape index (κ3) is 3.18. The smallest absolute Gasteiger partial charge is 0.221 e. The molecule has 1 amide bonds. The first-order valence-electron chi connectivity index (χ1n) is 7.80. The minimum atomic E-state index is -0.461. The Morgan fingerprint density at radius 3 is 2.38 bits per heavy atom. The Labute approximate surface area is 140 Å². The largest absolute Gasteiger partial charge is 0.493 e. The minimum Gasteiger partial charge on any atom is -0.493 e. The second kappa shape index (κ2) is 7.29. The van der Waals surface area contributed by atoms with E-state index in [9.17, 15) is 14.4 Å². The molecule has 1 aliphatic carbocycles. The SMILES string of the molecule is CCCCc1cc2c(c(OC)c1OC)C(=O)C(NC(C)=O)=CC2=O. The van der Waals surface area contributed by atoms with Gasteiger partial charge in [0.2, 0.25) is 11.7 Å². The summed E-state index contributed by atoms with van der Waals surface area (Å²) in [6, 6.07) is 1.69. The van der Waals surface area contributed by atoms with Crippen LogP contribution in [-0.4, -0.2) is 31.7 Å². The van der Waals surface area contributed by atoms with E-state index >= 15 is 0 Å². The third-order valence-corrected chi connectivity index (χ3v) is 3.84. The van der Waals surface area contributed by atoms with Crippen LogP contribution in [-0.2, 0) is 11.2 Å². The molecule has 128 valence electrons. The van der Waals surface area contributed by atoms with Gasteiger partial charge in [-0.1, -0.05) is 13.3 Å². The number of hydrogen-bond acceptors (Lipinski definition) is 5. The Kier molecular flexibility index (Phi) is 5.39. The summed E-state index contributed by atoms with van der Waals surface area (Å²) < 4.78 is 10.8. The van der Waals surface area contributed by atoms with Crippen LogP contribution in [0.5, 0.6) is 11.5 Å². The number of carbonyl (C=O) groups is 3. The van der Waals surface area contributed by atoms with Gasteiger partial charge in [0, 0.05) is 18.6 Å². The standard InChI is InChI=1S/C18H21NO5/c1-5-6-7-11-8-12-14(21)9-13(19-10(2)20)16(22)15(12)18(24-4)17(11)23-3/h8-9H,5-7H2,1-4H3,(H,19,20). The molecule has 0 aromatic heterocycles. The Hall–Kier alpha value is -2.63. The summed E-state index contributed by atoms with van der Waals surface area (Å²) in [5.41, 5.74) is 1.18. The highest BCUT2D eigenvalue weighted by Gasteiger charge is 2.33. The number of carbonyl (C=O) groups excluding carboxylic acids is 3. The van der Waals surface area contributed by atoms with Crippen LogP contribution in [0.2, 0.25) is 0 Å². The monoisotopic (exact) mass is 331 g/mol. The number of rotatable bonds is 6. The lowest BCUT2D eigenvalue weighted by molar-refractivity contribution is -0.118. The molecule has 2 rings (SSSR count). The van der Waals surface area contributed by atoms with E-state index < -0.39 is 11.7 Å². The molecule has 1 aromatic rings. The van der Waals surface area contributed by atoms with Gasteiger partial charge in [0.05, 0.1) is 25.5 Å². The molecule has 6 heteroatoms. The Bertz CT molecular complexity index is 733. The van der Waals surface area contributed by atoms with Crippen LogP contribution < -0.4 is 14.8 Å². The van der Waals surface area contributed by atoms with Crippen LogP contribution in [0.4, 0.5) is 0 Å². The van der Waals surface area contributed by atoms with Crippen LogP contribution in [0.3, 0.4) is 0 Å². The molecule has 0 heterocycles. The first kappa shape index (κ1) is 17.7.